The molecule has 114 valence electrons. The first-order valence-electron chi connectivity index (χ1n) is 7.82. The summed E-state index contributed by atoms with van der Waals surface area (Å²) in [5, 5.41) is 12.3. The third-order valence-corrected chi connectivity index (χ3v) is 4.42. The molecular formula is C15H26N2O3. The number of rotatable bonds is 4. The molecule has 0 unspecified atom stereocenters. The van der Waals surface area contributed by atoms with E-state index in [4.69, 9.17) is 0 Å². The zero-order valence-corrected chi connectivity index (χ0v) is 12.3. The van der Waals surface area contributed by atoms with Crippen LogP contribution >= 0.6 is 0 Å². The number of carbonyl (C=O) groups excluding carboxylic acids is 2. The van der Waals surface area contributed by atoms with E-state index >= 15 is 0 Å². The zero-order valence-electron chi connectivity index (χ0n) is 12.3. The molecule has 5 heteroatoms. The Morgan fingerprint density at radius 1 is 1.25 bits per heavy atom. The van der Waals surface area contributed by atoms with E-state index in [1.165, 1.54) is 19.3 Å². The summed E-state index contributed by atoms with van der Waals surface area (Å²) >= 11 is 0. The maximum absolute atomic E-state index is 12.1. The van der Waals surface area contributed by atoms with Crippen LogP contribution in [0.15, 0.2) is 0 Å². The van der Waals surface area contributed by atoms with Gasteiger partial charge in [-0.25, -0.2) is 0 Å². The topological polar surface area (TPSA) is 69.6 Å². The lowest BCUT2D eigenvalue weighted by molar-refractivity contribution is -0.135. The van der Waals surface area contributed by atoms with Crippen molar-refractivity contribution in [2.45, 2.75) is 64.0 Å². The van der Waals surface area contributed by atoms with Crippen LogP contribution in [0.4, 0.5) is 0 Å². The minimum absolute atomic E-state index is 0.0162. The second-order valence-corrected chi connectivity index (χ2v) is 6.22. The van der Waals surface area contributed by atoms with Gasteiger partial charge in [0.2, 0.25) is 11.8 Å². The highest BCUT2D eigenvalue weighted by Gasteiger charge is 2.28. The first kappa shape index (κ1) is 15.3. The molecule has 2 aliphatic rings. The number of aliphatic hydroxyl groups excluding tert-OH is 1. The normalized spacial score (nSPS) is 25.5. The molecule has 0 aromatic carbocycles. The van der Waals surface area contributed by atoms with E-state index in [-0.39, 0.29) is 11.8 Å². The highest BCUT2D eigenvalue weighted by atomic mass is 16.3. The number of β-amino-alcohol motifs (C(OH)–C–C–N with tert-alkyl or cyclic N) is 1. The largest absolute Gasteiger partial charge is 0.391 e. The summed E-state index contributed by atoms with van der Waals surface area (Å²) in [7, 11) is 0. The smallest absolute Gasteiger partial charge is 0.244 e. The van der Waals surface area contributed by atoms with Gasteiger partial charge < -0.3 is 15.3 Å². The van der Waals surface area contributed by atoms with Crippen LogP contribution in [-0.2, 0) is 9.59 Å². The van der Waals surface area contributed by atoms with Crippen molar-refractivity contribution in [1.29, 1.82) is 0 Å². The van der Waals surface area contributed by atoms with Gasteiger partial charge in [-0.15, -0.1) is 0 Å². The molecular weight excluding hydrogens is 256 g/mol. The van der Waals surface area contributed by atoms with Crippen molar-refractivity contribution in [3.63, 3.8) is 0 Å². The first-order valence-corrected chi connectivity index (χ1v) is 7.82. The monoisotopic (exact) mass is 282 g/mol. The molecule has 2 amide bonds. The van der Waals surface area contributed by atoms with Crippen LogP contribution < -0.4 is 5.32 Å². The molecule has 20 heavy (non-hydrogen) atoms. The highest BCUT2D eigenvalue weighted by molar-refractivity contribution is 5.87. The van der Waals surface area contributed by atoms with E-state index in [1.807, 2.05) is 0 Å². The molecule has 2 fully saturated rings. The van der Waals surface area contributed by atoms with Crippen LogP contribution in [-0.4, -0.2) is 47.1 Å². The van der Waals surface area contributed by atoms with Crippen LogP contribution in [0.25, 0.3) is 0 Å². The molecule has 1 aliphatic carbocycles. The van der Waals surface area contributed by atoms with Crippen LogP contribution in [0, 0.1) is 5.92 Å². The van der Waals surface area contributed by atoms with Gasteiger partial charge in [0.1, 0.15) is 6.04 Å². The fourth-order valence-corrected chi connectivity index (χ4v) is 3.23. The molecule has 2 rings (SSSR count). The summed E-state index contributed by atoms with van der Waals surface area (Å²) < 4.78 is 0. The number of hydrogen-bond donors (Lipinski definition) is 2. The van der Waals surface area contributed by atoms with Gasteiger partial charge in [-0.1, -0.05) is 19.3 Å². The van der Waals surface area contributed by atoms with Gasteiger partial charge in [-0.2, -0.15) is 0 Å². The number of hydrogen-bond acceptors (Lipinski definition) is 3. The third-order valence-electron chi connectivity index (χ3n) is 4.42. The first-order chi connectivity index (χ1) is 9.56. The van der Waals surface area contributed by atoms with Gasteiger partial charge >= 0.3 is 0 Å². The van der Waals surface area contributed by atoms with Crippen LogP contribution in [0.2, 0.25) is 0 Å². The lowest BCUT2D eigenvalue weighted by Gasteiger charge is -2.24. The summed E-state index contributed by atoms with van der Waals surface area (Å²) in [6.07, 6.45) is 6.75. The SMILES string of the molecule is C[C@H](NC(=O)CC1CCCCC1)C(=O)N1CC[C@@H](O)C1. The van der Waals surface area contributed by atoms with E-state index in [0.29, 0.717) is 31.8 Å². The molecule has 1 saturated heterocycles. The summed E-state index contributed by atoms with van der Waals surface area (Å²) in [6, 6.07) is -0.489. The molecule has 2 atom stereocenters. The lowest BCUT2D eigenvalue weighted by atomic mass is 9.87. The lowest BCUT2D eigenvalue weighted by Crippen LogP contribution is -2.46. The van der Waals surface area contributed by atoms with Gasteiger partial charge in [0, 0.05) is 19.5 Å². The fraction of sp³-hybridized carbons (Fsp3) is 0.867. The minimum Gasteiger partial charge on any atom is -0.391 e. The van der Waals surface area contributed by atoms with Crippen molar-refractivity contribution < 1.29 is 14.7 Å². The van der Waals surface area contributed by atoms with Gasteiger partial charge in [0.25, 0.3) is 0 Å². The summed E-state index contributed by atoms with van der Waals surface area (Å²) in [5.74, 6) is 0.385. The second-order valence-electron chi connectivity index (χ2n) is 6.22. The molecule has 0 aromatic heterocycles. The Labute approximate surface area is 120 Å². The molecule has 0 spiro atoms. The Kier molecular flexibility index (Phi) is 5.40. The van der Waals surface area contributed by atoms with Crippen molar-refractivity contribution in [3.8, 4) is 0 Å². The van der Waals surface area contributed by atoms with E-state index in [9.17, 15) is 14.7 Å². The Hall–Kier alpha value is -1.10. The van der Waals surface area contributed by atoms with E-state index in [1.54, 1.807) is 11.8 Å². The maximum atomic E-state index is 12.1. The second kappa shape index (κ2) is 7.07. The molecule has 0 radical (unpaired) electrons. The molecule has 1 heterocycles. The van der Waals surface area contributed by atoms with Gasteiger partial charge in [0.05, 0.1) is 6.10 Å². The summed E-state index contributed by atoms with van der Waals surface area (Å²) in [6.45, 7) is 2.70. The van der Waals surface area contributed by atoms with E-state index < -0.39 is 12.1 Å². The molecule has 1 aliphatic heterocycles. The number of nitrogens with one attached hydrogen (secondary N) is 1. The van der Waals surface area contributed by atoms with Crippen molar-refractivity contribution in [2.75, 3.05) is 13.1 Å². The molecule has 1 saturated carbocycles. The van der Waals surface area contributed by atoms with Gasteiger partial charge in [-0.3, -0.25) is 9.59 Å². The summed E-state index contributed by atoms with van der Waals surface area (Å²) in [5.41, 5.74) is 0. The Morgan fingerprint density at radius 3 is 2.55 bits per heavy atom. The van der Waals surface area contributed by atoms with E-state index in [0.717, 1.165) is 12.8 Å². The van der Waals surface area contributed by atoms with Crippen molar-refractivity contribution in [1.82, 2.24) is 10.2 Å². The molecule has 0 aromatic rings. The van der Waals surface area contributed by atoms with Crippen LogP contribution in [0.5, 0.6) is 0 Å². The van der Waals surface area contributed by atoms with Gasteiger partial charge in [0.15, 0.2) is 0 Å². The van der Waals surface area contributed by atoms with Crippen molar-refractivity contribution >= 4 is 11.8 Å². The quantitative estimate of drug-likeness (QED) is 0.810. The average Bonchev–Trinajstić information content (AvgIpc) is 2.85. The van der Waals surface area contributed by atoms with Crippen molar-refractivity contribution in [3.05, 3.63) is 0 Å². The van der Waals surface area contributed by atoms with Crippen molar-refractivity contribution in [2.24, 2.45) is 5.92 Å². The predicted molar refractivity (Wildman–Crippen MR) is 76.0 cm³/mol. The zero-order chi connectivity index (χ0) is 14.5. The Bertz CT molecular complexity index is 353. The summed E-state index contributed by atoms with van der Waals surface area (Å²) in [4.78, 5) is 25.7. The van der Waals surface area contributed by atoms with Gasteiger partial charge in [-0.05, 0) is 32.1 Å². The number of aliphatic hydroxyl groups is 1. The third kappa shape index (κ3) is 4.20. The standard InChI is InChI=1S/C15H26N2O3/c1-11(15(20)17-8-7-13(18)10-17)16-14(19)9-12-5-3-2-4-6-12/h11-13,18H,2-10H2,1H3,(H,16,19)/t11-,13+/m0/s1. The number of nitrogens with zero attached hydrogens (tertiary/aromatic N) is 1. The number of carbonyl (C=O) groups is 2. The highest BCUT2D eigenvalue weighted by Crippen LogP contribution is 2.26. The molecule has 5 nitrogen and oxygen atoms in total. The molecule has 0 bridgehead atoms. The predicted octanol–water partition coefficient (Wildman–Crippen LogP) is 1.05. The number of likely N-dealkylation sites (tertiary alicyclic amines) is 1. The Balaban J connectivity index is 1.73. The maximum Gasteiger partial charge on any atom is 0.244 e. The average molecular weight is 282 g/mol. The fourth-order valence-electron chi connectivity index (χ4n) is 3.23. The van der Waals surface area contributed by atoms with Crippen LogP contribution in [0.1, 0.15) is 51.9 Å². The van der Waals surface area contributed by atoms with E-state index in [2.05, 4.69) is 5.32 Å². The van der Waals surface area contributed by atoms with Crippen LogP contribution in [0.3, 0.4) is 0 Å². The minimum atomic E-state index is -0.489. The number of amides is 2. The molecule has 2 N–H and O–H groups in total. The Morgan fingerprint density at radius 2 is 1.95 bits per heavy atom.